The predicted octanol–water partition coefficient (Wildman–Crippen LogP) is 7.37. The van der Waals surface area contributed by atoms with Crippen LogP contribution < -0.4 is 5.32 Å². The Morgan fingerprint density at radius 2 is 1.47 bits per heavy atom. The average molecular weight is 505 g/mol. The Labute approximate surface area is 218 Å². The van der Waals surface area contributed by atoms with Gasteiger partial charge in [-0.3, -0.25) is 9.69 Å². The van der Waals surface area contributed by atoms with Crippen LogP contribution in [0, 0.1) is 0 Å². The Hall–Kier alpha value is -0.650. The van der Waals surface area contributed by atoms with Gasteiger partial charge in [-0.25, -0.2) is 0 Å². The first-order valence-electron chi connectivity index (χ1n) is 13.4. The molecule has 2 fully saturated rings. The van der Waals surface area contributed by atoms with Crippen LogP contribution in [0.15, 0.2) is 23.1 Å². The first-order chi connectivity index (χ1) is 15.9. The molecule has 0 bridgehead atoms. The van der Waals surface area contributed by atoms with Gasteiger partial charge in [-0.05, 0) is 66.7 Å². The van der Waals surface area contributed by atoms with E-state index in [1.54, 1.807) is 0 Å². The molecule has 0 radical (unpaired) electrons. The van der Waals surface area contributed by atoms with Crippen LogP contribution in [-0.2, 0) is 15.6 Å². The minimum absolute atomic E-state index is 0.139. The second kappa shape index (κ2) is 12.1. The molecule has 34 heavy (non-hydrogen) atoms. The molecule has 1 amide bonds. The zero-order valence-electron chi connectivity index (χ0n) is 22.7. The van der Waals surface area contributed by atoms with Gasteiger partial charge in [0, 0.05) is 28.5 Å². The maximum Gasteiger partial charge on any atom is 0.231 e. The number of piperidine rings is 1. The van der Waals surface area contributed by atoms with Crippen molar-refractivity contribution in [3.05, 3.63) is 29.3 Å². The van der Waals surface area contributed by atoms with Gasteiger partial charge in [0.05, 0.1) is 11.9 Å². The van der Waals surface area contributed by atoms with E-state index in [1.165, 1.54) is 61.0 Å². The summed E-state index contributed by atoms with van der Waals surface area (Å²) in [6, 6.07) is 7.25. The molecule has 1 aromatic rings. The molecule has 3 unspecified atom stereocenters. The summed E-state index contributed by atoms with van der Waals surface area (Å²) < 4.78 is 0. The maximum atomic E-state index is 12.7. The molecule has 192 valence electrons. The number of carbonyl (C=O) groups excluding carboxylic acids is 1. The molecule has 5 heteroatoms. The summed E-state index contributed by atoms with van der Waals surface area (Å²) in [5, 5.41) is 4.39. The maximum absolute atomic E-state index is 12.7. The Balaban J connectivity index is 1.63. The van der Waals surface area contributed by atoms with Crippen LogP contribution in [0.2, 0.25) is 0 Å². The first-order valence-corrected chi connectivity index (χ1v) is 15.3. The fourth-order valence-electron chi connectivity index (χ4n) is 4.95. The van der Waals surface area contributed by atoms with E-state index in [9.17, 15) is 4.79 Å². The summed E-state index contributed by atoms with van der Waals surface area (Å²) in [7, 11) is 0. The molecule has 1 N–H and O–H groups in total. The summed E-state index contributed by atoms with van der Waals surface area (Å²) >= 11 is 3.95. The number of carbonyl (C=O) groups is 1. The lowest BCUT2D eigenvalue weighted by molar-refractivity contribution is -0.120. The quantitative estimate of drug-likeness (QED) is 0.420. The molecular weight excluding hydrogens is 456 g/mol. The van der Waals surface area contributed by atoms with E-state index >= 15 is 0 Å². The van der Waals surface area contributed by atoms with Crippen LogP contribution >= 0.6 is 23.5 Å². The highest BCUT2D eigenvalue weighted by Gasteiger charge is 2.29. The minimum Gasteiger partial charge on any atom is -0.340 e. The van der Waals surface area contributed by atoms with Crippen molar-refractivity contribution in [2.24, 2.45) is 0 Å². The van der Waals surface area contributed by atoms with Crippen molar-refractivity contribution in [2.45, 2.75) is 126 Å². The van der Waals surface area contributed by atoms with Crippen molar-refractivity contribution < 1.29 is 4.79 Å². The molecule has 0 aromatic heterocycles. The first kappa shape index (κ1) is 27.9. The Bertz CT molecular complexity index is 773. The second-order valence-corrected chi connectivity index (χ2v) is 14.9. The molecule has 1 saturated heterocycles. The number of nitrogens with one attached hydrogen (secondary N) is 1. The minimum atomic E-state index is 0.139. The SMILES string of the molecule is CC(NC(=O)CSC1CCCCC1Sc1cc(C(C)(C)C)cc(C(C)(C)C)c1)N1CCCCC1. The van der Waals surface area contributed by atoms with E-state index in [0.29, 0.717) is 16.3 Å². The monoisotopic (exact) mass is 504 g/mol. The zero-order chi connectivity index (χ0) is 24.9. The average Bonchev–Trinajstić information content (AvgIpc) is 2.77. The van der Waals surface area contributed by atoms with Crippen LogP contribution in [0.25, 0.3) is 0 Å². The van der Waals surface area contributed by atoms with E-state index in [1.807, 2.05) is 11.8 Å². The molecule has 1 aliphatic heterocycles. The number of rotatable bonds is 7. The van der Waals surface area contributed by atoms with Crippen LogP contribution in [0.5, 0.6) is 0 Å². The van der Waals surface area contributed by atoms with Gasteiger partial charge in [0.25, 0.3) is 0 Å². The van der Waals surface area contributed by atoms with Gasteiger partial charge < -0.3 is 5.32 Å². The predicted molar refractivity (Wildman–Crippen MR) is 151 cm³/mol. The lowest BCUT2D eigenvalue weighted by Gasteiger charge is -2.33. The summed E-state index contributed by atoms with van der Waals surface area (Å²) in [4.78, 5) is 16.6. The number of likely N-dealkylation sites (tertiary alicyclic amines) is 1. The highest BCUT2D eigenvalue weighted by atomic mass is 32.2. The van der Waals surface area contributed by atoms with Crippen molar-refractivity contribution in [3.8, 4) is 0 Å². The van der Waals surface area contributed by atoms with E-state index in [0.717, 1.165) is 13.1 Å². The standard InChI is InChI=1S/C29H48N2OS2/c1-21(31-15-11-8-12-16-31)30-27(32)20-33-25-13-9-10-14-26(25)34-24-18-22(28(2,3)4)17-23(19-24)29(5,6)7/h17-19,21,25-26H,8-16,20H2,1-7H3,(H,30,32). The van der Waals surface area contributed by atoms with E-state index in [2.05, 4.69) is 88.6 Å². The van der Waals surface area contributed by atoms with Crippen LogP contribution in [0.3, 0.4) is 0 Å². The van der Waals surface area contributed by atoms with Crippen molar-refractivity contribution >= 4 is 29.4 Å². The summed E-state index contributed by atoms with van der Waals surface area (Å²) in [5.74, 6) is 0.775. The van der Waals surface area contributed by atoms with Gasteiger partial charge in [-0.15, -0.1) is 23.5 Å². The molecule has 3 atom stereocenters. The van der Waals surface area contributed by atoms with Crippen molar-refractivity contribution in [1.82, 2.24) is 10.2 Å². The zero-order valence-corrected chi connectivity index (χ0v) is 24.3. The number of benzene rings is 1. The lowest BCUT2D eigenvalue weighted by atomic mass is 9.81. The fourth-order valence-corrected chi connectivity index (χ4v) is 7.80. The van der Waals surface area contributed by atoms with Gasteiger partial charge in [0.2, 0.25) is 5.91 Å². The highest BCUT2D eigenvalue weighted by Crippen LogP contribution is 2.42. The van der Waals surface area contributed by atoms with Gasteiger partial charge in [0.1, 0.15) is 0 Å². The molecule has 1 saturated carbocycles. The number of amides is 1. The lowest BCUT2D eigenvalue weighted by Crippen LogP contribution is -2.48. The summed E-state index contributed by atoms with van der Waals surface area (Å²) in [6.07, 6.45) is 9.05. The third-order valence-electron chi connectivity index (χ3n) is 7.30. The molecule has 2 aliphatic rings. The largest absolute Gasteiger partial charge is 0.340 e. The molecule has 3 nitrogen and oxygen atoms in total. The van der Waals surface area contributed by atoms with Crippen molar-refractivity contribution in [3.63, 3.8) is 0 Å². The van der Waals surface area contributed by atoms with E-state index < -0.39 is 0 Å². The third-order valence-corrected chi connectivity index (χ3v) is 10.3. The van der Waals surface area contributed by atoms with Crippen molar-refractivity contribution in [1.29, 1.82) is 0 Å². The summed E-state index contributed by atoms with van der Waals surface area (Å²) in [6.45, 7) is 18.2. The molecule has 1 aromatic carbocycles. The van der Waals surface area contributed by atoms with E-state index in [-0.39, 0.29) is 22.9 Å². The number of thioether (sulfide) groups is 2. The summed E-state index contributed by atoms with van der Waals surface area (Å²) in [5.41, 5.74) is 3.13. The van der Waals surface area contributed by atoms with Gasteiger partial charge in [0.15, 0.2) is 0 Å². The fraction of sp³-hybridized carbons (Fsp3) is 0.759. The van der Waals surface area contributed by atoms with Crippen molar-refractivity contribution in [2.75, 3.05) is 18.8 Å². The Morgan fingerprint density at radius 1 is 0.912 bits per heavy atom. The molecule has 1 heterocycles. The number of nitrogens with zero attached hydrogens (tertiary/aromatic N) is 1. The topological polar surface area (TPSA) is 32.3 Å². The number of hydrogen-bond donors (Lipinski definition) is 1. The van der Waals surface area contributed by atoms with Gasteiger partial charge in [-0.2, -0.15) is 0 Å². The van der Waals surface area contributed by atoms with Crippen LogP contribution in [0.1, 0.15) is 105 Å². The smallest absolute Gasteiger partial charge is 0.231 e. The van der Waals surface area contributed by atoms with Gasteiger partial charge >= 0.3 is 0 Å². The number of hydrogen-bond acceptors (Lipinski definition) is 4. The third kappa shape index (κ3) is 8.20. The Morgan fingerprint density at radius 3 is 2.03 bits per heavy atom. The van der Waals surface area contributed by atoms with E-state index in [4.69, 9.17) is 0 Å². The van der Waals surface area contributed by atoms with Crippen LogP contribution in [-0.4, -0.2) is 46.3 Å². The van der Waals surface area contributed by atoms with Crippen LogP contribution in [0.4, 0.5) is 0 Å². The Kier molecular flexibility index (Phi) is 9.91. The molecule has 1 aliphatic carbocycles. The second-order valence-electron chi connectivity index (χ2n) is 12.4. The molecule has 3 rings (SSSR count). The molecule has 0 spiro atoms. The van der Waals surface area contributed by atoms with Gasteiger partial charge in [-0.1, -0.05) is 66.9 Å². The normalized spacial score (nSPS) is 23.5. The molecular formula is C29H48N2OS2. The highest BCUT2D eigenvalue weighted by molar-refractivity contribution is 8.04.